The van der Waals surface area contributed by atoms with E-state index in [9.17, 15) is 9.59 Å². The van der Waals surface area contributed by atoms with Gasteiger partial charge in [0.15, 0.2) is 0 Å². The molecule has 0 bridgehead atoms. The van der Waals surface area contributed by atoms with Crippen molar-refractivity contribution in [3.05, 3.63) is 30.1 Å². The van der Waals surface area contributed by atoms with E-state index in [1.165, 1.54) is 0 Å². The summed E-state index contributed by atoms with van der Waals surface area (Å²) in [6.45, 7) is 2.23. The molecule has 1 aliphatic heterocycles. The number of rotatable bonds is 3. The van der Waals surface area contributed by atoms with Crippen LogP contribution in [0.5, 0.6) is 0 Å². The number of pyridine rings is 1. The molecule has 0 aromatic carbocycles. The Balaban J connectivity index is 2.12. The van der Waals surface area contributed by atoms with Crippen LogP contribution in [0.2, 0.25) is 0 Å². The van der Waals surface area contributed by atoms with Gasteiger partial charge in [-0.2, -0.15) is 0 Å². The third-order valence-corrected chi connectivity index (χ3v) is 3.21. The zero-order valence-corrected chi connectivity index (χ0v) is 9.54. The molecule has 1 saturated heterocycles. The second-order valence-electron chi connectivity index (χ2n) is 4.27. The first-order valence-electron chi connectivity index (χ1n) is 5.51. The number of aromatic nitrogens is 1. The Morgan fingerprint density at radius 2 is 2.18 bits per heavy atom. The van der Waals surface area contributed by atoms with Crippen molar-refractivity contribution in [3.8, 4) is 0 Å². The van der Waals surface area contributed by atoms with Crippen molar-refractivity contribution < 1.29 is 14.7 Å². The molecule has 1 aliphatic rings. The minimum Gasteiger partial charge on any atom is -0.481 e. The van der Waals surface area contributed by atoms with Crippen LogP contribution in [0.4, 0.5) is 0 Å². The fourth-order valence-electron chi connectivity index (χ4n) is 2.13. The van der Waals surface area contributed by atoms with Gasteiger partial charge >= 0.3 is 5.97 Å². The van der Waals surface area contributed by atoms with E-state index in [2.05, 4.69) is 4.98 Å². The van der Waals surface area contributed by atoms with E-state index in [4.69, 9.17) is 5.11 Å². The van der Waals surface area contributed by atoms with E-state index in [0.29, 0.717) is 6.54 Å². The maximum atomic E-state index is 11.8. The average Bonchev–Trinajstić information content (AvgIpc) is 2.58. The van der Waals surface area contributed by atoms with Gasteiger partial charge in [0.05, 0.1) is 5.92 Å². The van der Waals surface area contributed by atoms with Crippen molar-refractivity contribution in [2.45, 2.75) is 25.9 Å². The van der Waals surface area contributed by atoms with E-state index < -0.39 is 11.9 Å². The van der Waals surface area contributed by atoms with Gasteiger partial charge in [-0.05, 0) is 24.6 Å². The molecule has 1 aromatic heterocycles. The molecule has 2 unspecified atom stereocenters. The summed E-state index contributed by atoms with van der Waals surface area (Å²) in [5.41, 5.74) is 0.964. The predicted molar refractivity (Wildman–Crippen MR) is 60.0 cm³/mol. The largest absolute Gasteiger partial charge is 0.481 e. The molecule has 0 spiro atoms. The number of hydrogen-bond donors (Lipinski definition) is 1. The van der Waals surface area contributed by atoms with Gasteiger partial charge in [0, 0.05) is 31.4 Å². The fraction of sp³-hybridized carbons (Fsp3) is 0.417. The number of carboxylic acids is 1. The lowest BCUT2D eigenvalue weighted by atomic mass is 10.0. The summed E-state index contributed by atoms with van der Waals surface area (Å²) in [5.74, 6) is -1.59. The van der Waals surface area contributed by atoms with Gasteiger partial charge in [0.25, 0.3) is 0 Å². The predicted octanol–water partition coefficient (Wildman–Crippen LogP) is 0.903. The van der Waals surface area contributed by atoms with Gasteiger partial charge in [-0.25, -0.2) is 0 Å². The van der Waals surface area contributed by atoms with Crippen LogP contribution >= 0.6 is 0 Å². The fourth-order valence-corrected chi connectivity index (χ4v) is 2.13. The van der Waals surface area contributed by atoms with E-state index in [-0.39, 0.29) is 18.4 Å². The maximum absolute atomic E-state index is 11.8. The molecule has 0 saturated carbocycles. The van der Waals surface area contributed by atoms with Crippen LogP contribution in [0, 0.1) is 5.92 Å². The normalized spacial score (nSPS) is 24.1. The average molecular weight is 234 g/mol. The number of likely N-dealkylation sites (tertiary alicyclic amines) is 1. The topological polar surface area (TPSA) is 70.5 Å². The van der Waals surface area contributed by atoms with E-state index in [1.54, 1.807) is 24.2 Å². The molecule has 2 rings (SSSR count). The van der Waals surface area contributed by atoms with Crippen LogP contribution in [0.15, 0.2) is 24.5 Å². The number of amides is 1. The van der Waals surface area contributed by atoms with E-state index >= 15 is 0 Å². The van der Waals surface area contributed by atoms with Gasteiger partial charge < -0.3 is 10.0 Å². The first kappa shape index (κ1) is 11.6. The first-order chi connectivity index (χ1) is 8.09. The molecule has 1 fully saturated rings. The second kappa shape index (κ2) is 4.53. The van der Waals surface area contributed by atoms with Crippen LogP contribution in [0.3, 0.4) is 0 Å². The molecule has 2 heterocycles. The Hall–Kier alpha value is -1.91. The van der Waals surface area contributed by atoms with Gasteiger partial charge in [0.2, 0.25) is 5.91 Å². The van der Waals surface area contributed by atoms with Crippen molar-refractivity contribution in [2.24, 2.45) is 5.92 Å². The maximum Gasteiger partial charge on any atom is 0.309 e. The summed E-state index contributed by atoms with van der Waals surface area (Å²) >= 11 is 0. The third kappa shape index (κ3) is 2.27. The molecular weight excluding hydrogens is 220 g/mol. The number of carbonyl (C=O) groups is 2. The molecule has 0 radical (unpaired) electrons. The van der Waals surface area contributed by atoms with Crippen molar-refractivity contribution in [1.29, 1.82) is 0 Å². The lowest BCUT2D eigenvalue weighted by molar-refractivity contribution is -0.142. The Morgan fingerprint density at radius 3 is 2.71 bits per heavy atom. The van der Waals surface area contributed by atoms with Crippen molar-refractivity contribution in [2.75, 3.05) is 0 Å². The Bertz CT molecular complexity index is 433. The molecule has 5 nitrogen and oxygen atoms in total. The van der Waals surface area contributed by atoms with Crippen LogP contribution < -0.4 is 0 Å². The highest BCUT2D eigenvalue weighted by Gasteiger charge is 2.40. The summed E-state index contributed by atoms with van der Waals surface area (Å²) in [5, 5.41) is 9.00. The van der Waals surface area contributed by atoms with E-state index in [0.717, 1.165) is 5.56 Å². The molecule has 17 heavy (non-hydrogen) atoms. The number of hydrogen-bond acceptors (Lipinski definition) is 3. The molecule has 1 amide bonds. The Labute approximate surface area is 99.1 Å². The summed E-state index contributed by atoms with van der Waals surface area (Å²) in [7, 11) is 0. The van der Waals surface area contributed by atoms with Gasteiger partial charge in [-0.3, -0.25) is 14.6 Å². The van der Waals surface area contributed by atoms with Gasteiger partial charge in [-0.15, -0.1) is 0 Å². The molecule has 1 N–H and O–H groups in total. The van der Waals surface area contributed by atoms with Crippen molar-refractivity contribution in [3.63, 3.8) is 0 Å². The number of carbonyl (C=O) groups excluding carboxylic acids is 1. The Morgan fingerprint density at radius 1 is 1.53 bits per heavy atom. The standard InChI is InChI=1S/C12H14N2O3/c1-8-10(12(16)17)6-11(15)14(8)7-9-2-4-13-5-3-9/h2-5,8,10H,6-7H2,1H3,(H,16,17). The highest BCUT2D eigenvalue weighted by molar-refractivity contribution is 5.86. The molecule has 1 aromatic rings. The smallest absolute Gasteiger partial charge is 0.309 e. The van der Waals surface area contributed by atoms with Crippen LogP contribution in [-0.4, -0.2) is 32.9 Å². The van der Waals surface area contributed by atoms with Gasteiger partial charge in [-0.1, -0.05) is 0 Å². The number of aliphatic carboxylic acids is 1. The van der Waals surface area contributed by atoms with Crippen molar-refractivity contribution in [1.82, 2.24) is 9.88 Å². The molecule has 90 valence electrons. The minimum atomic E-state index is -0.900. The monoisotopic (exact) mass is 234 g/mol. The van der Waals surface area contributed by atoms with Crippen LogP contribution in [-0.2, 0) is 16.1 Å². The first-order valence-corrected chi connectivity index (χ1v) is 5.51. The summed E-state index contributed by atoms with van der Waals surface area (Å²) in [6.07, 6.45) is 3.42. The minimum absolute atomic E-state index is 0.0956. The lowest BCUT2D eigenvalue weighted by Crippen LogP contribution is -2.34. The Kier molecular flexibility index (Phi) is 3.08. The third-order valence-electron chi connectivity index (χ3n) is 3.21. The second-order valence-corrected chi connectivity index (χ2v) is 4.27. The van der Waals surface area contributed by atoms with E-state index in [1.807, 2.05) is 12.1 Å². The summed E-state index contributed by atoms with van der Waals surface area (Å²) in [4.78, 5) is 28.2. The quantitative estimate of drug-likeness (QED) is 0.843. The number of nitrogens with zero attached hydrogens (tertiary/aromatic N) is 2. The lowest BCUT2D eigenvalue weighted by Gasteiger charge is -2.23. The highest BCUT2D eigenvalue weighted by atomic mass is 16.4. The van der Waals surface area contributed by atoms with Crippen molar-refractivity contribution >= 4 is 11.9 Å². The van der Waals surface area contributed by atoms with Crippen LogP contribution in [0.25, 0.3) is 0 Å². The SMILES string of the molecule is CC1C(C(=O)O)CC(=O)N1Cc1ccncc1. The highest BCUT2D eigenvalue weighted by Crippen LogP contribution is 2.27. The molecular formula is C12H14N2O3. The van der Waals surface area contributed by atoms with Crippen LogP contribution in [0.1, 0.15) is 18.9 Å². The number of carboxylic acid groups (broad SMARTS) is 1. The van der Waals surface area contributed by atoms with Gasteiger partial charge in [0.1, 0.15) is 0 Å². The summed E-state index contributed by atoms with van der Waals surface area (Å²) < 4.78 is 0. The summed E-state index contributed by atoms with van der Waals surface area (Å²) in [6, 6.07) is 3.40. The zero-order chi connectivity index (χ0) is 12.4. The molecule has 5 heteroatoms. The molecule has 0 aliphatic carbocycles. The molecule has 2 atom stereocenters. The zero-order valence-electron chi connectivity index (χ0n) is 9.54.